The second kappa shape index (κ2) is 8.38. The van der Waals surface area contributed by atoms with E-state index in [4.69, 9.17) is 9.47 Å². The molecule has 0 atom stereocenters. The van der Waals surface area contributed by atoms with Crippen LogP contribution in [0.1, 0.15) is 12.8 Å². The van der Waals surface area contributed by atoms with E-state index >= 15 is 0 Å². The van der Waals surface area contributed by atoms with E-state index < -0.39 is 10.8 Å². The van der Waals surface area contributed by atoms with E-state index in [9.17, 15) is 19.7 Å². The lowest BCUT2D eigenvalue weighted by molar-refractivity contribution is -0.384. The minimum absolute atomic E-state index is 0.102. The van der Waals surface area contributed by atoms with Gasteiger partial charge in [0.15, 0.2) is 6.61 Å². The SMILES string of the molecule is COc1cc([N+](=O)[O-])ccc1NC(=O)COc1ccc(N2CCCC2=O)cc1. The van der Waals surface area contributed by atoms with Crippen molar-refractivity contribution in [3.05, 3.63) is 52.6 Å². The fraction of sp³-hybridized carbons (Fsp3) is 0.263. The highest BCUT2D eigenvalue weighted by Gasteiger charge is 2.21. The maximum atomic E-state index is 12.1. The number of carbonyl (C=O) groups excluding carboxylic acids is 2. The Kier molecular flexibility index (Phi) is 5.73. The first-order valence-corrected chi connectivity index (χ1v) is 8.63. The first-order valence-electron chi connectivity index (χ1n) is 8.63. The zero-order valence-corrected chi connectivity index (χ0v) is 15.2. The summed E-state index contributed by atoms with van der Waals surface area (Å²) in [6.45, 7) is 0.459. The summed E-state index contributed by atoms with van der Waals surface area (Å²) in [5.41, 5.74) is 0.974. The van der Waals surface area contributed by atoms with Gasteiger partial charge in [-0.25, -0.2) is 0 Å². The maximum absolute atomic E-state index is 12.1. The van der Waals surface area contributed by atoms with Gasteiger partial charge in [-0.2, -0.15) is 0 Å². The molecule has 0 aromatic heterocycles. The van der Waals surface area contributed by atoms with Crippen LogP contribution in [-0.4, -0.2) is 37.0 Å². The van der Waals surface area contributed by atoms with Crippen LogP contribution in [0.2, 0.25) is 0 Å². The summed E-state index contributed by atoms with van der Waals surface area (Å²) in [5, 5.41) is 13.4. The van der Waals surface area contributed by atoms with Crippen molar-refractivity contribution in [2.75, 3.05) is 30.5 Å². The van der Waals surface area contributed by atoms with Gasteiger partial charge in [0, 0.05) is 24.7 Å². The van der Waals surface area contributed by atoms with Gasteiger partial charge < -0.3 is 19.7 Å². The number of non-ortho nitro benzene ring substituents is 1. The van der Waals surface area contributed by atoms with E-state index in [1.165, 1.54) is 25.3 Å². The summed E-state index contributed by atoms with van der Waals surface area (Å²) in [6.07, 6.45) is 1.41. The number of methoxy groups -OCH3 is 1. The van der Waals surface area contributed by atoms with Gasteiger partial charge in [-0.05, 0) is 36.8 Å². The van der Waals surface area contributed by atoms with Crippen molar-refractivity contribution in [2.24, 2.45) is 0 Å². The van der Waals surface area contributed by atoms with Crippen molar-refractivity contribution < 1.29 is 24.0 Å². The molecule has 2 aromatic carbocycles. The first kappa shape index (κ1) is 19.2. The van der Waals surface area contributed by atoms with Gasteiger partial charge in [0.25, 0.3) is 11.6 Å². The summed E-state index contributed by atoms with van der Waals surface area (Å²) in [6, 6.07) is 10.8. The van der Waals surface area contributed by atoms with Crippen molar-refractivity contribution >= 4 is 28.9 Å². The molecule has 0 unspecified atom stereocenters. The van der Waals surface area contributed by atoms with Gasteiger partial charge in [-0.15, -0.1) is 0 Å². The summed E-state index contributed by atoms with van der Waals surface area (Å²) >= 11 is 0. The van der Waals surface area contributed by atoms with Crippen LogP contribution in [0.4, 0.5) is 17.1 Å². The molecule has 2 aromatic rings. The largest absolute Gasteiger partial charge is 0.494 e. The molecule has 1 fully saturated rings. The summed E-state index contributed by atoms with van der Waals surface area (Å²) in [4.78, 5) is 35.8. The summed E-state index contributed by atoms with van der Waals surface area (Å²) in [7, 11) is 1.36. The van der Waals surface area contributed by atoms with Crippen molar-refractivity contribution in [3.8, 4) is 11.5 Å². The Morgan fingerprint density at radius 1 is 1.25 bits per heavy atom. The van der Waals surface area contributed by atoms with E-state index in [1.54, 1.807) is 29.2 Å². The number of nitrogens with one attached hydrogen (secondary N) is 1. The number of nitrogens with zero attached hydrogens (tertiary/aromatic N) is 2. The molecule has 0 saturated carbocycles. The molecular formula is C19H19N3O6. The number of benzene rings is 2. The average molecular weight is 385 g/mol. The molecule has 1 heterocycles. The number of ether oxygens (including phenoxy) is 2. The Morgan fingerprint density at radius 3 is 2.61 bits per heavy atom. The molecule has 28 heavy (non-hydrogen) atoms. The number of hydrogen-bond donors (Lipinski definition) is 1. The minimum atomic E-state index is -0.545. The highest BCUT2D eigenvalue weighted by Crippen LogP contribution is 2.29. The highest BCUT2D eigenvalue weighted by atomic mass is 16.6. The van der Waals surface area contributed by atoms with Crippen LogP contribution in [0, 0.1) is 10.1 Å². The Labute approximate surface area is 161 Å². The van der Waals surface area contributed by atoms with E-state index in [-0.39, 0.29) is 24.0 Å². The normalized spacial score (nSPS) is 13.3. The Balaban J connectivity index is 1.57. The zero-order chi connectivity index (χ0) is 20.1. The average Bonchev–Trinajstić information content (AvgIpc) is 3.12. The Hall–Kier alpha value is -3.62. The third-order valence-corrected chi connectivity index (χ3v) is 4.26. The Morgan fingerprint density at radius 2 is 2.00 bits per heavy atom. The zero-order valence-electron chi connectivity index (χ0n) is 15.2. The number of amides is 2. The molecule has 3 rings (SSSR count). The number of hydrogen-bond acceptors (Lipinski definition) is 6. The van der Waals surface area contributed by atoms with Crippen molar-refractivity contribution in [2.45, 2.75) is 12.8 Å². The minimum Gasteiger partial charge on any atom is -0.494 e. The van der Waals surface area contributed by atoms with E-state index in [1.807, 2.05) is 0 Å². The molecule has 0 bridgehead atoms. The molecule has 1 aliphatic rings. The van der Waals surface area contributed by atoms with Crippen LogP contribution in [0.15, 0.2) is 42.5 Å². The molecule has 1 N–H and O–H groups in total. The van der Waals surface area contributed by atoms with Gasteiger partial charge in [0.1, 0.15) is 11.5 Å². The van der Waals surface area contributed by atoms with Crippen LogP contribution in [0.3, 0.4) is 0 Å². The fourth-order valence-electron chi connectivity index (χ4n) is 2.88. The molecule has 9 nitrogen and oxygen atoms in total. The lowest BCUT2D eigenvalue weighted by atomic mass is 10.2. The number of nitro groups is 1. The van der Waals surface area contributed by atoms with Crippen LogP contribution >= 0.6 is 0 Å². The maximum Gasteiger partial charge on any atom is 0.273 e. The van der Waals surface area contributed by atoms with Gasteiger partial charge in [-0.3, -0.25) is 19.7 Å². The first-order chi connectivity index (χ1) is 13.5. The topological polar surface area (TPSA) is 111 Å². The second-order valence-electron chi connectivity index (χ2n) is 6.12. The third kappa shape index (κ3) is 4.37. The fourth-order valence-corrected chi connectivity index (χ4v) is 2.88. The predicted molar refractivity (Wildman–Crippen MR) is 102 cm³/mol. The smallest absolute Gasteiger partial charge is 0.273 e. The molecular weight excluding hydrogens is 366 g/mol. The van der Waals surface area contributed by atoms with Crippen molar-refractivity contribution in [3.63, 3.8) is 0 Å². The standard InChI is InChI=1S/C19H19N3O6/c1-27-17-11-14(22(25)26)6-9-16(17)20-18(23)12-28-15-7-4-13(5-8-15)21-10-2-3-19(21)24/h4-9,11H,2-3,10,12H2,1H3,(H,20,23). The van der Waals surface area contributed by atoms with Gasteiger partial charge in [0.05, 0.1) is 23.8 Å². The molecule has 9 heteroatoms. The van der Waals surface area contributed by atoms with Crippen LogP contribution in [0.25, 0.3) is 0 Å². The van der Waals surface area contributed by atoms with Gasteiger partial charge >= 0.3 is 0 Å². The molecule has 2 amide bonds. The highest BCUT2D eigenvalue weighted by molar-refractivity contribution is 5.95. The van der Waals surface area contributed by atoms with Crippen LogP contribution < -0.4 is 19.7 Å². The summed E-state index contributed by atoms with van der Waals surface area (Å²) in [5.74, 6) is 0.333. The summed E-state index contributed by atoms with van der Waals surface area (Å²) < 4.78 is 10.5. The molecule has 146 valence electrons. The molecule has 0 radical (unpaired) electrons. The van der Waals surface area contributed by atoms with E-state index in [0.29, 0.717) is 24.4 Å². The number of rotatable bonds is 7. The van der Waals surface area contributed by atoms with Crippen molar-refractivity contribution in [1.82, 2.24) is 0 Å². The third-order valence-electron chi connectivity index (χ3n) is 4.26. The molecule has 1 aliphatic heterocycles. The number of anilines is 2. The molecule has 1 saturated heterocycles. The second-order valence-corrected chi connectivity index (χ2v) is 6.12. The van der Waals surface area contributed by atoms with Gasteiger partial charge in [-0.1, -0.05) is 0 Å². The van der Waals surface area contributed by atoms with Crippen LogP contribution in [0.5, 0.6) is 11.5 Å². The molecule has 0 aliphatic carbocycles. The van der Waals surface area contributed by atoms with Crippen LogP contribution in [-0.2, 0) is 9.59 Å². The molecule has 0 spiro atoms. The van der Waals surface area contributed by atoms with E-state index in [2.05, 4.69) is 5.32 Å². The predicted octanol–water partition coefficient (Wildman–Crippen LogP) is 2.75. The number of carbonyl (C=O) groups is 2. The van der Waals surface area contributed by atoms with Crippen molar-refractivity contribution in [1.29, 1.82) is 0 Å². The number of nitro benzene ring substituents is 1. The lowest BCUT2D eigenvalue weighted by Crippen LogP contribution is -2.23. The van der Waals surface area contributed by atoms with Gasteiger partial charge in [0.2, 0.25) is 5.91 Å². The Bertz CT molecular complexity index is 897. The van der Waals surface area contributed by atoms with E-state index in [0.717, 1.165) is 12.1 Å². The monoisotopic (exact) mass is 385 g/mol. The lowest BCUT2D eigenvalue weighted by Gasteiger charge is -2.16. The quantitative estimate of drug-likeness (QED) is 0.579.